The van der Waals surface area contributed by atoms with Gasteiger partial charge in [-0.1, -0.05) is 12.1 Å². The summed E-state index contributed by atoms with van der Waals surface area (Å²) in [6.45, 7) is 6.24. The van der Waals surface area contributed by atoms with Gasteiger partial charge >= 0.3 is 0 Å². The summed E-state index contributed by atoms with van der Waals surface area (Å²) in [6.07, 6.45) is 0.676. The van der Waals surface area contributed by atoms with E-state index >= 15 is 0 Å². The van der Waals surface area contributed by atoms with Crippen LogP contribution < -0.4 is 0 Å². The molecule has 0 fully saturated rings. The highest BCUT2D eigenvalue weighted by molar-refractivity contribution is 5.61. The van der Waals surface area contributed by atoms with Gasteiger partial charge in [0.25, 0.3) is 5.89 Å². The van der Waals surface area contributed by atoms with E-state index in [0.29, 0.717) is 24.4 Å². The molecule has 0 spiro atoms. The minimum Gasteiger partial charge on any atom is -0.507 e. The van der Waals surface area contributed by atoms with Crippen molar-refractivity contribution < 1.29 is 18.8 Å². The van der Waals surface area contributed by atoms with Crippen molar-refractivity contribution in [2.45, 2.75) is 32.8 Å². The van der Waals surface area contributed by atoms with Crippen LogP contribution in [0.15, 0.2) is 22.7 Å². The van der Waals surface area contributed by atoms with E-state index in [1.807, 2.05) is 20.8 Å². The molecule has 1 atom stereocenters. The first-order valence-electron chi connectivity index (χ1n) is 6.47. The van der Waals surface area contributed by atoms with E-state index in [9.17, 15) is 9.50 Å². The SMILES string of the molecule is CCOC(C)(CC)c1noc(-c2ccc(F)cc2O)n1. The highest BCUT2D eigenvalue weighted by Crippen LogP contribution is 2.32. The Bertz CT molecular complexity index is 600. The van der Waals surface area contributed by atoms with Crippen LogP contribution in [0.1, 0.15) is 33.0 Å². The number of rotatable bonds is 5. The smallest absolute Gasteiger partial charge is 0.261 e. The zero-order valence-electron chi connectivity index (χ0n) is 11.7. The summed E-state index contributed by atoms with van der Waals surface area (Å²) in [7, 11) is 0. The molecule has 0 bridgehead atoms. The van der Waals surface area contributed by atoms with Crippen molar-refractivity contribution in [2.75, 3.05) is 6.61 Å². The zero-order chi connectivity index (χ0) is 14.8. The molecule has 2 rings (SSSR count). The van der Waals surface area contributed by atoms with Crippen LogP contribution in [0.5, 0.6) is 5.75 Å². The normalized spacial score (nSPS) is 14.2. The summed E-state index contributed by atoms with van der Waals surface area (Å²) in [5.41, 5.74) is -0.355. The number of phenolic OH excluding ortho intramolecular Hbond substituents is 1. The molecule has 1 unspecified atom stereocenters. The maximum absolute atomic E-state index is 13.0. The third kappa shape index (κ3) is 2.65. The number of halogens is 1. The van der Waals surface area contributed by atoms with Gasteiger partial charge in [0.1, 0.15) is 17.2 Å². The lowest BCUT2D eigenvalue weighted by Gasteiger charge is -2.23. The maximum atomic E-state index is 13.0. The molecule has 0 saturated heterocycles. The number of hydrogen-bond donors (Lipinski definition) is 1. The first-order valence-corrected chi connectivity index (χ1v) is 6.47. The van der Waals surface area contributed by atoms with Gasteiger partial charge < -0.3 is 14.4 Å². The van der Waals surface area contributed by atoms with Gasteiger partial charge in [-0.25, -0.2) is 4.39 Å². The number of phenols is 1. The van der Waals surface area contributed by atoms with Crippen LogP contribution in [-0.2, 0) is 10.3 Å². The second kappa shape index (κ2) is 5.58. The summed E-state index contributed by atoms with van der Waals surface area (Å²) in [6, 6.07) is 3.62. The molecule has 108 valence electrons. The van der Waals surface area contributed by atoms with Crippen molar-refractivity contribution in [2.24, 2.45) is 0 Å². The zero-order valence-corrected chi connectivity index (χ0v) is 11.7. The quantitative estimate of drug-likeness (QED) is 0.910. The topological polar surface area (TPSA) is 68.4 Å². The first-order chi connectivity index (χ1) is 9.50. The highest BCUT2D eigenvalue weighted by Gasteiger charge is 2.31. The van der Waals surface area contributed by atoms with Gasteiger partial charge in [-0.3, -0.25) is 0 Å². The fourth-order valence-corrected chi connectivity index (χ4v) is 1.88. The summed E-state index contributed by atoms with van der Waals surface area (Å²) < 4.78 is 23.8. The molecule has 20 heavy (non-hydrogen) atoms. The van der Waals surface area contributed by atoms with E-state index in [0.717, 1.165) is 6.07 Å². The lowest BCUT2D eigenvalue weighted by Crippen LogP contribution is -2.26. The maximum Gasteiger partial charge on any atom is 0.261 e. The fourth-order valence-electron chi connectivity index (χ4n) is 1.88. The van der Waals surface area contributed by atoms with Crippen molar-refractivity contribution in [3.8, 4) is 17.2 Å². The standard InChI is InChI=1S/C14H17FN2O3/c1-4-14(3,19-5-2)13-16-12(20-17-13)10-7-6-9(15)8-11(10)18/h6-8,18H,4-5H2,1-3H3. The van der Waals surface area contributed by atoms with Crippen LogP contribution in [0.2, 0.25) is 0 Å². The van der Waals surface area contributed by atoms with Crippen molar-refractivity contribution in [1.82, 2.24) is 10.1 Å². The van der Waals surface area contributed by atoms with Crippen molar-refractivity contribution in [3.05, 3.63) is 29.8 Å². The third-order valence-corrected chi connectivity index (χ3v) is 3.23. The number of ether oxygens (including phenoxy) is 1. The summed E-state index contributed by atoms with van der Waals surface area (Å²) in [4.78, 5) is 4.25. The number of hydrogen-bond acceptors (Lipinski definition) is 5. The monoisotopic (exact) mass is 280 g/mol. The average Bonchev–Trinajstić information content (AvgIpc) is 2.89. The lowest BCUT2D eigenvalue weighted by molar-refractivity contribution is -0.0403. The lowest BCUT2D eigenvalue weighted by atomic mass is 10.0. The minimum atomic E-state index is -0.647. The summed E-state index contributed by atoms with van der Waals surface area (Å²) >= 11 is 0. The molecule has 0 saturated carbocycles. The van der Waals surface area contributed by atoms with Crippen LogP contribution in [0, 0.1) is 5.82 Å². The molecule has 0 aliphatic heterocycles. The van der Waals surface area contributed by atoms with Crippen LogP contribution >= 0.6 is 0 Å². The molecule has 1 aromatic heterocycles. The number of benzene rings is 1. The van der Waals surface area contributed by atoms with Gasteiger partial charge in [0.15, 0.2) is 0 Å². The second-order valence-electron chi connectivity index (χ2n) is 4.60. The van der Waals surface area contributed by atoms with Gasteiger partial charge in [-0.05, 0) is 32.4 Å². The highest BCUT2D eigenvalue weighted by atomic mass is 19.1. The molecule has 6 heteroatoms. The van der Waals surface area contributed by atoms with E-state index in [2.05, 4.69) is 10.1 Å². The minimum absolute atomic E-state index is 0.136. The van der Waals surface area contributed by atoms with E-state index in [-0.39, 0.29) is 11.6 Å². The van der Waals surface area contributed by atoms with Crippen LogP contribution in [-0.4, -0.2) is 21.9 Å². The number of nitrogens with zero attached hydrogens (tertiary/aromatic N) is 2. The van der Waals surface area contributed by atoms with E-state index in [1.54, 1.807) is 0 Å². The second-order valence-corrected chi connectivity index (χ2v) is 4.60. The molecular formula is C14H17FN2O3. The van der Waals surface area contributed by atoms with Gasteiger partial charge in [-0.15, -0.1) is 0 Å². The first kappa shape index (κ1) is 14.5. The molecule has 1 heterocycles. The Kier molecular flexibility index (Phi) is 4.04. The number of aromatic hydroxyl groups is 1. The Morgan fingerprint density at radius 2 is 2.15 bits per heavy atom. The third-order valence-electron chi connectivity index (χ3n) is 3.23. The number of aromatic nitrogens is 2. The predicted octanol–water partition coefficient (Wildman–Crippen LogP) is 3.24. The van der Waals surface area contributed by atoms with E-state index in [4.69, 9.17) is 9.26 Å². The van der Waals surface area contributed by atoms with Crippen molar-refractivity contribution >= 4 is 0 Å². The predicted molar refractivity (Wildman–Crippen MR) is 70.6 cm³/mol. The van der Waals surface area contributed by atoms with Crippen LogP contribution in [0.4, 0.5) is 4.39 Å². The Hall–Kier alpha value is -1.95. The van der Waals surface area contributed by atoms with E-state index in [1.165, 1.54) is 12.1 Å². The fraction of sp³-hybridized carbons (Fsp3) is 0.429. The van der Waals surface area contributed by atoms with Gasteiger partial charge in [0.05, 0.1) is 5.56 Å². The summed E-state index contributed by atoms with van der Waals surface area (Å²) in [5, 5.41) is 13.6. The summed E-state index contributed by atoms with van der Waals surface area (Å²) in [5.74, 6) is -0.231. The molecule has 0 radical (unpaired) electrons. The van der Waals surface area contributed by atoms with Gasteiger partial charge in [0, 0.05) is 12.7 Å². The molecule has 2 aromatic rings. The Labute approximate surface area is 116 Å². The molecule has 5 nitrogen and oxygen atoms in total. The van der Waals surface area contributed by atoms with Crippen molar-refractivity contribution in [3.63, 3.8) is 0 Å². The Morgan fingerprint density at radius 1 is 1.40 bits per heavy atom. The van der Waals surface area contributed by atoms with Gasteiger partial charge in [0.2, 0.25) is 5.82 Å². The molecule has 1 N–H and O–H groups in total. The average molecular weight is 280 g/mol. The largest absolute Gasteiger partial charge is 0.507 e. The van der Waals surface area contributed by atoms with Crippen LogP contribution in [0.3, 0.4) is 0 Å². The molecule has 1 aromatic carbocycles. The molecule has 0 aliphatic rings. The van der Waals surface area contributed by atoms with E-state index < -0.39 is 11.4 Å². The Balaban J connectivity index is 2.37. The van der Waals surface area contributed by atoms with Gasteiger partial charge in [-0.2, -0.15) is 4.98 Å². The van der Waals surface area contributed by atoms with Crippen LogP contribution in [0.25, 0.3) is 11.5 Å². The molecule has 0 amide bonds. The Morgan fingerprint density at radius 3 is 2.75 bits per heavy atom. The van der Waals surface area contributed by atoms with Crippen molar-refractivity contribution in [1.29, 1.82) is 0 Å². The molecule has 0 aliphatic carbocycles. The molecular weight excluding hydrogens is 263 g/mol.